The van der Waals surface area contributed by atoms with Crippen molar-refractivity contribution in [2.24, 2.45) is 0 Å². The van der Waals surface area contributed by atoms with Crippen LogP contribution >= 0.6 is 0 Å². The van der Waals surface area contributed by atoms with E-state index in [0.29, 0.717) is 12.1 Å². The molecule has 2 N–H and O–H groups in total. The predicted octanol–water partition coefficient (Wildman–Crippen LogP) is 1.76. The van der Waals surface area contributed by atoms with Crippen LogP contribution in [0.3, 0.4) is 0 Å². The topological polar surface area (TPSA) is 66.4 Å². The van der Waals surface area contributed by atoms with Crippen LogP contribution in [-0.2, 0) is 16.4 Å². The molecule has 4 nitrogen and oxygen atoms in total. The zero-order chi connectivity index (χ0) is 13.1. The molecule has 0 heterocycles. The SMILES string of the molecule is CC(C)(O)CCc1ccc(NS(C)(=O)=O)cc1. The number of anilines is 1. The largest absolute Gasteiger partial charge is 0.390 e. The lowest BCUT2D eigenvalue weighted by molar-refractivity contribution is 0.0714. The molecule has 0 bridgehead atoms. The minimum atomic E-state index is -3.22. The van der Waals surface area contributed by atoms with E-state index in [1.54, 1.807) is 26.0 Å². The molecule has 1 rings (SSSR count). The Morgan fingerprint density at radius 1 is 1.24 bits per heavy atom. The van der Waals surface area contributed by atoms with Crippen molar-refractivity contribution in [3.8, 4) is 0 Å². The molecule has 0 spiro atoms. The lowest BCUT2D eigenvalue weighted by Crippen LogP contribution is -2.19. The first kappa shape index (κ1) is 14.0. The van der Waals surface area contributed by atoms with Gasteiger partial charge in [0.1, 0.15) is 0 Å². The maximum absolute atomic E-state index is 11.0. The number of sulfonamides is 1. The molecular weight excluding hydrogens is 238 g/mol. The van der Waals surface area contributed by atoms with E-state index in [4.69, 9.17) is 0 Å². The summed E-state index contributed by atoms with van der Waals surface area (Å²) in [4.78, 5) is 0. The van der Waals surface area contributed by atoms with Crippen molar-refractivity contribution < 1.29 is 13.5 Å². The quantitative estimate of drug-likeness (QED) is 0.844. The molecule has 1 aromatic rings. The highest BCUT2D eigenvalue weighted by molar-refractivity contribution is 7.92. The first-order valence-corrected chi connectivity index (χ1v) is 7.34. The second kappa shape index (κ2) is 5.06. The second-order valence-corrected chi connectivity index (χ2v) is 6.63. The number of aryl methyl sites for hydroxylation is 1. The Balaban J connectivity index is 2.63. The van der Waals surface area contributed by atoms with Crippen LogP contribution in [0.5, 0.6) is 0 Å². The zero-order valence-electron chi connectivity index (χ0n) is 10.4. The summed E-state index contributed by atoms with van der Waals surface area (Å²) in [6, 6.07) is 7.17. The third kappa shape index (κ3) is 6.28. The van der Waals surface area contributed by atoms with Gasteiger partial charge in [0.25, 0.3) is 0 Å². The fourth-order valence-corrected chi connectivity index (χ4v) is 1.97. The Morgan fingerprint density at radius 2 is 1.76 bits per heavy atom. The summed E-state index contributed by atoms with van der Waals surface area (Å²) in [7, 11) is -3.22. The first-order chi connectivity index (χ1) is 7.66. The monoisotopic (exact) mass is 257 g/mol. The number of rotatable bonds is 5. The maximum atomic E-state index is 11.0. The normalized spacial score (nSPS) is 12.5. The van der Waals surface area contributed by atoms with Crippen LogP contribution in [0.2, 0.25) is 0 Å². The van der Waals surface area contributed by atoms with Gasteiger partial charge in [0.05, 0.1) is 11.9 Å². The summed E-state index contributed by atoms with van der Waals surface area (Å²) in [6.45, 7) is 3.54. The zero-order valence-corrected chi connectivity index (χ0v) is 11.2. The molecule has 1 aromatic carbocycles. The van der Waals surface area contributed by atoms with Gasteiger partial charge in [0.15, 0.2) is 0 Å². The molecule has 0 aromatic heterocycles. The van der Waals surface area contributed by atoms with Crippen LogP contribution in [0.15, 0.2) is 24.3 Å². The van der Waals surface area contributed by atoms with Crippen molar-refractivity contribution in [3.05, 3.63) is 29.8 Å². The third-order valence-corrected chi connectivity index (χ3v) is 2.89. The Morgan fingerprint density at radius 3 is 2.18 bits per heavy atom. The molecule has 0 saturated carbocycles. The second-order valence-electron chi connectivity index (χ2n) is 4.88. The lowest BCUT2D eigenvalue weighted by atomic mass is 9.99. The molecule has 0 aliphatic carbocycles. The average Bonchev–Trinajstić information content (AvgIpc) is 2.13. The van der Waals surface area contributed by atoms with E-state index in [1.165, 1.54) is 0 Å². The van der Waals surface area contributed by atoms with Crippen molar-refractivity contribution in [2.45, 2.75) is 32.3 Å². The molecule has 0 amide bonds. The lowest BCUT2D eigenvalue weighted by Gasteiger charge is -2.16. The summed E-state index contributed by atoms with van der Waals surface area (Å²) in [5.41, 5.74) is 0.953. The molecule has 0 atom stereocenters. The van der Waals surface area contributed by atoms with Crippen molar-refractivity contribution >= 4 is 15.7 Å². The molecule has 0 aliphatic rings. The van der Waals surface area contributed by atoms with E-state index in [0.717, 1.165) is 18.2 Å². The molecule has 0 aliphatic heterocycles. The van der Waals surface area contributed by atoms with Crippen LogP contribution in [0.25, 0.3) is 0 Å². The van der Waals surface area contributed by atoms with Crippen LogP contribution in [0.1, 0.15) is 25.8 Å². The number of aliphatic hydroxyl groups is 1. The third-order valence-electron chi connectivity index (χ3n) is 2.28. The van der Waals surface area contributed by atoms with Crippen LogP contribution in [-0.4, -0.2) is 25.4 Å². The van der Waals surface area contributed by atoms with Crippen molar-refractivity contribution in [1.29, 1.82) is 0 Å². The summed E-state index contributed by atoms with van der Waals surface area (Å²) in [6.07, 6.45) is 2.56. The highest BCUT2D eigenvalue weighted by atomic mass is 32.2. The molecule has 96 valence electrons. The molecule has 0 saturated heterocycles. The van der Waals surface area contributed by atoms with E-state index < -0.39 is 15.6 Å². The van der Waals surface area contributed by atoms with Gasteiger partial charge in [0.2, 0.25) is 10.0 Å². The molecular formula is C12H19NO3S. The summed E-state index contributed by atoms with van der Waals surface area (Å²) in [5, 5.41) is 9.59. The highest BCUT2D eigenvalue weighted by Crippen LogP contribution is 2.16. The Labute approximate surface area is 103 Å². The number of benzene rings is 1. The van der Waals surface area contributed by atoms with E-state index in [9.17, 15) is 13.5 Å². The van der Waals surface area contributed by atoms with Gasteiger partial charge in [-0.25, -0.2) is 8.42 Å². The number of hydrogen-bond donors (Lipinski definition) is 2. The standard InChI is InChI=1S/C12H19NO3S/c1-12(2,14)9-8-10-4-6-11(7-5-10)13-17(3,15)16/h4-7,13-14H,8-9H2,1-3H3. The fourth-order valence-electron chi connectivity index (χ4n) is 1.40. The average molecular weight is 257 g/mol. The maximum Gasteiger partial charge on any atom is 0.229 e. The molecule has 0 radical (unpaired) electrons. The van der Waals surface area contributed by atoms with Gasteiger partial charge < -0.3 is 5.11 Å². The van der Waals surface area contributed by atoms with Gasteiger partial charge in [-0.1, -0.05) is 12.1 Å². The van der Waals surface area contributed by atoms with Crippen LogP contribution < -0.4 is 4.72 Å². The van der Waals surface area contributed by atoms with E-state index >= 15 is 0 Å². The summed E-state index contributed by atoms with van der Waals surface area (Å²) < 4.78 is 24.4. The van der Waals surface area contributed by atoms with E-state index in [1.807, 2.05) is 12.1 Å². The van der Waals surface area contributed by atoms with Crippen LogP contribution in [0.4, 0.5) is 5.69 Å². The Kier molecular flexibility index (Phi) is 4.16. The Bertz CT molecular complexity index is 458. The first-order valence-electron chi connectivity index (χ1n) is 5.45. The van der Waals surface area contributed by atoms with E-state index in [-0.39, 0.29) is 0 Å². The molecule has 0 unspecified atom stereocenters. The van der Waals surface area contributed by atoms with Gasteiger partial charge in [-0.05, 0) is 44.4 Å². The smallest absolute Gasteiger partial charge is 0.229 e. The van der Waals surface area contributed by atoms with Gasteiger partial charge in [0, 0.05) is 5.69 Å². The van der Waals surface area contributed by atoms with Gasteiger partial charge in [-0.15, -0.1) is 0 Å². The van der Waals surface area contributed by atoms with Gasteiger partial charge in [-0.2, -0.15) is 0 Å². The molecule has 0 fully saturated rings. The molecule has 17 heavy (non-hydrogen) atoms. The Hall–Kier alpha value is -1.07. The predicted molar refractivity (Wildman–Crippen MR) is 69.5 cm³/mol. The number of hydrogen-bond acceptors (Lipinski definition) is 3. The van der Waals surface area contributed by atoms with Crippen molar-refractivity contribution in [1.82, 2.24) is 0 Å². The van der Waals surface area contributed by atoms with Gasteiger partial charge >= 0.3 is 0 Å². The minimum absolute atomic E-state index is 0.555. The molecule has 5 heteroatoms. The fraction of sp³-hybridized carbons (Fsp3) is 0.500. The minimum Gasteiger partial charge on any atom is -0.390 e. The van der Waals surface area contributed by atoms with Crippen molar-refractivity contribution in [3.63, 3.8) is 0 Å². The van der Waals surface area contributed by atoms with E-state index in [2.05, 4.69) is 4.72 Å². The highest BCUT2D eigenvalue weighted by Gasteiger charge is 2.12. The summed E-state index contributed by atoms with van der Waals surface area (Å²) >= 11 is 0. The number of nitrogens with one attached hydrogen (secondary N) is 1. The van der Waals surface area contributed by atoms with Crippen molar-refractivity contribution in [2.75, 3.05) is 11.0 Å². The van der Waals surface area contributed by atoms with Crippen LogP contribution in [0, 0.1) is 0 Å². The summed E-state index contributed by atoms with van der Waals surface area (Å²) in [5.74, 6) is 0. The van der Waals surface area contributed by atoms with Gasteiger partial charge in [-0.3, -0.25) is 4.72 Å².